The normalized spacial score (nSPS) is 10.0. The molecule has 18 heavy (non-hydrogen) atoms. The Labute approximate surface area is 105 Å². The molecule has 0 atom stereocenters. The van der Waals surface area contributed by atoms with Crippen LogP contribution in [-0.4, -0.2) is 30.7 Å². The number of halogens is 1. The molecule has 1 aromatic carbocycles. The van der Waals surface area contributed by atoms with Crippen molar-refractivity contribution in [2.45, 2.75) is 19.9 Å². The molecular formula is C13H16FNO3. The molecule has 0 unspecified atom stereocenters. The molecule has 0 N–H and O–H groups in total. The maximum atomic E-state index is 13.4. The highest BCUT2D eigenvalue weighted by atomic mass is 19.1. The highest BCUT2D eigenvalue weighted by molar-refractivity contribution is 5.96. The Balaban J connectivity index is 2.70. The van der Waals surface area contributed by atoms with Crippen LogP contribution in [-0.2, 0) is 16.1 Å². The van der Waals surface area contributed by atoms with Gasteiger partial charge in [-0.3, -0.25) is 9.59 Å². The smallest absolute Gasteiger partial charge is 0.230 e. The van der Waals surface area contributed by atoms with Gasteiger partial charge in [0.25, 0.3) is 0 Å². The van der Waals surface area contributed by atoms with Crippen molar-refractivity contribution in [1.82, 2.24) is 4.90 Å². The number of carbonyl (C=O) groups is 2. The van der Waals surface area contributed by atoms with E-state index in [1.807, 2.05) is 0 Å². The van der Waals surface area contributed by atoms with E-state index >= 15 is 0 Å². The number of Topliss-reactive ketones (excluding diaryl/α,β-unsaturated/α-hetero) is 1. The lowest BCUT2D eigenvalue weighted by Gasteiger charge is -2.17. The van der Waals surface area contributed by atoms with Gasteiger partial charge in [0, 0.05) is 13.6 Å². The summed E-state index contributed by atoms with van der Waals surface area (Å²) >= 11 is 0. The second kappa shape index (κ2) is 6.14. The minimum Gasteiger partial charge on any atom is -0.494 e. The van der Waals surface area contributed by atoms with Gasteiger partial charge in [-0.2, -0.15) is 0 Å². The molecule has 0 saturated heterocycles. The first-order valence-electron chi connectivity index (χ1n) is 5.50. The molecule has 0 aliphatic carbocycles. The first kappa shape index (κ1) is 14.2. The molecule has 0 aromatic heterocycles. The van der Waals surface area contributed by atoms with Crippen LogP contribution in [0, 0.1) is 5.82 Å². The molecule has 0 aliphatic heterocycles. The van der Waals surface area contributed by atoms with Gasteiger partial charge in [0.2, 0.25) is 5.91 Å². The summed E-state index contributed by atoms with van der Waals surface area (Å²) in [6, 6.07) is 4.50. The van der Waals surface area contributed by atoms with E-state index in [2.05, 4.69) is 0 Å². The summed E-state index contributed by atoms with van der Waals surface area (Å²) in [6.07, 6.45) is -0.130. The third-order valence-corrected chi connectivity index (χ3v) is 2.46. The van der Waals surface area contributed by atoms with Crippen LogP contribution in [0.4, 0.5) is 4.39 Å². The molecular weight excluding hydrogens is 237 g/mol. The van der Waals surface area contributed by atoms with Crippen molar-refractivity contribution >= 4 is 11.7 Å². The molecule has 0 aliphatic rings. The van der Waals surface area contributed by atoms with Gasteiger partial charge in [-0.15, -0.1) is 0 Å². The summed E-state index contributed by atoms with van der Waals surface area (Å²) in [5.74, 6) is -0.773. The highest BCUT2D eigenvalue weighted by Crippen LogP contribution is 2.18. The summed E-state index contributed by atoms with van der Waals surface area (Å²) in [4.78, 5) is 23.8. The zero-order valence-corrected chi connectivity index (χ0v) is 10.7. The van der Waals surface area contributed by atoms with E-state index in [-0.39, 0.29) is 30.4 Å². The van der Waals surface area contributed by atoms with Gasteiger partial charge < -0.3 is 9.64 Å². The van der Waals surface area contributed by atoms with Crippen LogP contribution < -0.4 is 4.74 Å². The maximum Gasteiger partial charge on any atom is 0.230 e. The largest absolute Gasteiger partial charge is 0.494 e. The van der Waals surface area contributed by atoms with E-state index in [4.69, 9.17) is 4.74 Å². The summed E-state index contributed by atoms with van der Waals surface area (Å²) in [5.41, 5.74) is 0.646. The summed E-state index contributed by atoms with van der Waals surface area (Å²) in [7, 11) is 2.97. The fourth-order valence-corrected chi connectivity index (χ4v) is 1.52. The number of carbonyl (C=O) groups excluding carboxylic acids is 2. The Kier molecular flexibility index (Phi) is 4.83. The number of nitrogens with zero attached hydrogens (tertiary/aromatic N) is 1. The monoisotopic (exact) mass is 253 g/mol. The average Bonchev–Trinajstić information content (AvgIpc) is 2.28. The Morgan fingerprint density at radius 3 is 2.56 bits per heavy atom. The van der Waals surface area contributed by atoms with E-state index in [1.54, 1.807) is 13.1 Å². The minimum absolute atomic E-state index is 0.130. The van der Waals surface area contributed by atoms with E-state index < -0.39 is 5.82 Å². The number of rotatable bonds is 5. The number of benzene rings is 1. The van der Waals surface area contributed by atoms with Crippen LogP contribution in [0.3, 0.4) is 0 Å². The van der Waals surface area contributed by atoms with Crippen molar-refractivity contribution < 1.29 is 18.7 Å². The van der Waals surface area contributed by atoms with Gasteiger partial charge in [0.05, 0.1) is 13.5 Å². The molecule has 0 saturated carbocycles. The van der Waals surface area contributed by atoms with E-state index in [0.717, 1.165) is 0 Å². The second-order valence-corrected chi connectivity index (χ2v) is 4.10. The van der Waals surface area contributed by atoms with Crippen molar-refractivity contribution in [1.29, 1.82) is 0 Å². The van der Waals surface area contributed by atoms with Crippen LogP contribution in [0.1, 0.15) is 18.9 Å². The lowest BCUT2D eigenvalue weighted by molar-refractivity contribution is -0.134. The second-order valence-electron chi connectivity index (χ2n) is 4.10. The Bertz CT molecular complexity index is 460. The molecule has 0 bridgehead atoms. The van der Waals surface area contributed by atoms with Crippen molar-refractivity contribution in [3.63, 3.8) is 0 Å². The van der Waals surface area contributed by atoms with E-state index in [1.165, 1.54) is 31.1 Å². The summed E-state index contributed by atoms with van der Waals surface area (Å²) in [6.45, 7) is 1.62. The van der Waals surface area contributed by atoms with Crippen LogP contribution in [0.15, 0.2) is 18.2 Å². The third kappa shape index (κ3) is 3.84. The fourth-order valence-electron chi connectivity index (χ4n) is 1.52. The van der Waals surface area contributed by atoms with Crippen LogP contribution in [0.25, 0.3) is 0 Å². The lowest BCUT2D eigenvalue weighted by Crippen LogP contribution is -2.27. The first-order valence-corrected chi connectivity index (χ1v) is 5.50. The highest BCUT2D eigenvalue weighted by Gasteiger charge is 2.12. The van der Waals surface area contributed by atoms with Gasteiger partial charge in [0.15, 0.2) is 11.6 Å². The quantitative estimate of drug-likeness (QED) is 0.751. The molecule has 5 heteroatoms. The van der Waals surface area contributed by atoms with Crippen molar-refractivity contribution in [3.05, 3.63) is 29.6 Å². The molecule has 4 nitrogen and oxygen atoms in total. The molecule has 1 amide bonds. The number of ketones is 1. The predicted molar refractivity (Wildman–Crippen MR) is 64.7 cm³/mol. The summed E-state index contributed by atoms with van der Waals surface area (Å²) in [5, 5.41) is 0. The predicted octanol–water partition coefficient (Wildman–Crippen LogP) is 1.77. The van der Waals surface area contributed by atoms with Gasteiger partial charge in [0.1, 0.15) is 5.78 Å². The first-order chi connectivity index (χ1) is 8.43. The summed E-state index contributed by atoms with van der Waals surface area (Å²) < 4.78 is 18.2. The van der Waals surface area contributed by atoms with E-state index in [0.29, 0.717) is 5.56 Å². The van der Waals surface area contributed by atoms with Gasteiger partial charge >= 0.3 is 0 Å². The number of amides is 1. The Morgan fingerprint density at radius 1 is 1.39 bits per heavy atom. The lowest BCUT2D eigenvalue weighted by atomic mass is 10.2. The Hall–Kier alpha value is -1.91. The molecule has 0 heterocycles. The molecule has 0 spiro atoms. The minimum atomic E-state index is -0.470. The average molecular weight is 253 g/mol. The van der Waals surface area contributed by atoms with Gasteiger partial charge in [-0.05, 0) is 24.6 Å². The Morgan fingerprint density at radius 2 is 2.06 bits per heavy atom. The SMILES string of the molecule is COc1ccc(CN(C)C(=O)CC(C)=O)cc1F. The van der Waals surface area contributed by atoms with Crippen molar-refractivity contribution in [3.8, 4) is 5.75 Å². The van der Waals surface area contributed by atoms with Crippen molar-refractivity contribution in [2.75, 3.05) is 14.2 Å². The molecule has 0 fully saturated rings. The van der Waals surface area contributed by atoms with Gasteiger partial charge in [-0.25, -0.2) is 4.39 Å². The number of methoxy groups -OCH3 is 1. The standard InChI is InChI=1S/C13H16FNO3/c1-9(16)6-13(17)15(2)8-10-4-5-12(18-3)11(14)7-10/h4-5,7H,6,8H2,1-3H3. The molecule has 1 aromatic rings. The third-order valence-electron chi connectivity index (χ3n) is 2.46. The topological polar surface area (TPSA) is 46.6 Å². The van der Waals surface area contributed by atoms with Crippen LogP contribution in [0.5, 0.6) is 5.75 Å². The zero-order valence-electron chi connectivity index (χ0n) is 10.7. The molecule has 98 valence electrons. The van der Waals surface area contributed by atoms with Crippen molar-refractivity contribution in [2.24, 2.45) is 0 Å². The maximum absolute atomic E-state index is 13.4. The fraction of sp³-hybridized carbons (Fsp3) is 0.385. The van der Waals surface area contributed by atoms with Crippen LogP contribution >= 0.6 is 0 Å². The number of hydrogen-bond donors (Lipinski definition) is 0. The van der Waals surface area contributed by atoms with Crippen LogP contribution in [0.2, 0.25) is 0 Å². The van der Waals surface area contributed by atoms with E-state index in [9.17, 15) is 14.0 Å². The molecule has 0 radical (unpaired) electrons. The molecule has 1 rings (SSSR count). The number of hydrogen-bond acceptors (Lipinski definition) is 3. The van der Waals surface area contributed by atoms with Gasteiger partial charge in [-0.1, -0.05) is 6.07 Å². The zero-order chi connectivity index (χ0) is 13.7. The number of ether oxygens (including phenoxy) is 1.